The van der Waals surface area contributed by atoms with E-state index in [1.807, 2.05) is 42.5 Å². The summed E-state index contributed by atoms with van der Waals surface area (Å²) in [4.78, 5) is 11.3. The van der Waals surface area contributed by atoms with Crippen LogP contribution >= 0.6 is 0 Å². The minimum Gasteiger partial charge on any atom is -0.491 e. The number of ether oxygens (including phenoxy) is 1. The molecule has 100 valence electrons. The second kappa shape index (κ2) is 6.20. The largest absolute Gasteiger partial charge is 0.491 e. The van der Waals surface area contributed by atoms with Crippen molar-refractivity contribution in [1.82, 2.24) is 5.32 Å². The number of carbonyl (C=O) groups is 1. The quantitative estimate of drug-likeness (QED) is 0.802. The molecule has 0 aromatic heterocycles. The van der Waals surface area contributed by atoms with Crippen molar-refractivity contribution < 1.29 is 9.53 Å². The standard InChI is InChI=1S/C15H18N2O2/c1-11(16)15(18)17-9-10-19-14-8-4-6-12-5-2-3-7-13(12)14/h2-8,11H,9-10,16H2,1H3,(H,17,18)/t11-/m1/s1. The Kier molecular flexibility index (Phi) is 4.36. The van der Waals surface area contributed by atoms with Gasteiger partial charge in [0.15, 0.2) is 0 Å². The van der Waals surface area contributed by atoms with Crippen molar-refractivity contribution in [1.29, 1.82) is 0 Å². The Hall–Kier alpha value is -2.07. The molecular weight excluding hydrogens is 240 g/mol. The van der Waals surface area contributed by atoms with Crippen LogP contribution in [0.5, 0.6) is 5.75 Å². The third-order valence-corrected chi connectivity index (χ3v) is 2.82. The maximum absolute atomic E-state index is 11.3. The summed E-state index contributed by atoms with van der Waals surface area (Å²) in [5, 5.41) is 4.92. The molecule has 19 heavy (non-hydrogen) atoms. The van der Waals surface area contributed by atoms with E-state index in [1.54, 1.807) is 6.92 Å². The summed E-state index contributed by atoms with van der Waals surface area (Å²) in [5.41, 5.74) is 5.45. The van der Waals surface area contributed by atoms with Crippen LogP contribution in [0.3, 0.4) is 0 Å². The number of amides is 1. The van der Waals surface area contributed by atoms with E-state index < -0.39 is 6.04 Å². The highest BCUT2D eigenvalue weighted by molar-refractivity contribution is 5.88. The average Bonchev–Trinajstić information content (AvgIpc) is 2.43. The summed E-state index contributed by atoms with van der Waals surface area (Å²) >= 11 is 0. The molecule has 2 aromatic carbocycles. The van der Waals surface area contributed by atoms with Crippen molar-refractivity contribution in [3.63, 3.8) is 0 Å². The summed E-state index contributed by atoms with van der Waals surface area (Å²) in [6.07, 6.45) is 0. The lowest BCUT2D eigenvalue weighted by Gasteiger charge is -2.11. The first-order valence-electron chi connectivity index (χ1n) is 6.32. The summed E-state index contributed by atoms with van der Waals surface area (Å²) in [6, 6.07) is 13.5. The van der Waals surface area contributed by atoms with Gasteiger partial charge in [0.2, 0.25) is 5.91 Å². The second-order valence-corrected chi connectivity index (χ2v) is 4.41. The number of hydrogen-bond acceptors (Lipinski definition) is 3. The molecule has 0 unspecified atom stereocenters. The highest BCUT2D eigenvalue weighted by atomic mass is 16.5. The molecule has 0 saturated heterocycles. The summed E-state index contributed by atoms with van der Waals surface area (Å²) in [6.45, 7) is 2.52. The van der Waals surface area contributed by atoms with E-state index in [0.29, 0.717) is 13.2 Å². The highest BCUT2D eigenvalue weighted by Gasteiger charge is 2.06. The molecule has 0 aliphatic carbocycles. The van der Waals surface area contributed by atoms with Gasteiger partial charge in [0.05, 0.1) is 12.6 Å². The van der Waals surface area contributed by atoms with Gasteiger partial charge < -0.3 is 15.8 Å². The van der Waals surface area contributed by atoms with Gasteiger partial charge in [-0.05, 0) is 18.4 Å². The first kappa shape index (κ1) is 13.4. The fraction of sp³-hybridized carbons (Fsp3) is 0.267. The highest BCUT2D eigenvalue weighted by Crippen LogP contribution is 2.24. The minimum atomic E-state index is -0.488. The Bertz CT molecular complexity index is 562. The molecule has 0 fully saturated rings. The fourth-order valence-electron chi connectivity index (χ4n) is 1.82. The molecule has 4 heteroatoms. The molecule has 3 N–H and O–H groups in total. The van der Waals surface area contributed by atoms with E-state index in [1.165, 1.54) is 0 Å². The zero-order valence-corrected chi connectivity index (χ0v) is 10.9. The summed E-state index contributed by atoms with van der Waals surface area (Å²) in [7, 11) is 0. The van der Waals surface area contributed by atoms with Gasteiger partial charge in [-0.25, -0.2) is 0 Å². The Morgan fingerprint density at radius 3 is 2.79 bits per heavy atom. The Labute approximate surface area is 112 Å². The molecule has 0 radical (unpaired) electrons. The van der Waals surface area contributed by atoms with Crippen LogP contribution in [0.25, 0.3) is 10.8 Å². The fourth-order valence-corrected chi connectivity index (χ4v) is 1.82. The van der Waals surface area contributed by atoms with Gasteiger partial charge in [-0.2, -0.15) is 0 Å². The molecule has 0 saturated carbocycles. The molecule has 4 nitrogen and oxygen atoms in total. The predicted octanol–water partition coefficient (Wildman–Crippen LogP) is 1.68. The SMILES string of the molecule is C[C@@H](N)C(=O)NCCOc1cccc2ccccc12. The zero-order valence-electron chi connectivity index (χ0n) is 10.9. The van der Waals surface area contributed by atoms with Gasteiger partial charge in [-0.3, -0.25) is 4.79 Å². The van der Waals surface area contributed by atoms with Crippen LogP contribution < -0.4 is 15.8 Å². The summed E-state index contributed by atoms with van der Waals surface area (Å²) < 4.78 is 5.69. The molecule has 0 bridgehead atoms. The van der Waals surface area contributed by atoms with Crippen LogP contribution in [0.2, 0.25) is 0 Å². The molecule has 1 atom stereocenters. The van der Waals surface area contributed by atoms with Crippen LogP contribution in [0.1, 0.15) is 6.92 Å². The van der Waals surface area contributed by atoms with Crippen LogP contribution in [0.15, 0.2) is 42.5 Å². The van der Waals surface area contributed by atoms with E-state index in [4.69, 9.17) is 10.5 Å². The third-order valence-electron chi connectivity index (χ3n) is 2.82. The van der Waals surface area contributed by atoms with E-state index in [-0.39, 0.29) is 5.91 Å². The van der Waals surface area contributed by atoms with Crippen LogP contribution in [-0.4, -0.2) is 25.1 Å². The van der Waals surface area contributed by atoms with Crippen molar-refractivity contribution in [2.24, 2.45) is 5.73 Å². The molecular formula is C15H18N2O2. The minimum absolute atomic E-state index is 0.165. The topological polar surface area (TPSA) is 64.4 Å². The molecule has 1 amide bonds. The van der Waals surface area contributed by atoms with Crippen molar-refractivity contribution in [2.45, 2.75) is 13.0 Å². The van der Waals surface area contributed by atoms with Crippen LogP contribution in [-0.2, 0) is 4.79 Å². The zero-order chi connectivity index (χ0) is 13.7. The number of fused-ring (bicyclic) bond motifs is 1. The number of nitrogens with two attached hydrogens (primary N) is 1. The van der Waals surface area contributed by atoms with Crippen molar-refractivity contribution in [3.05, 3.63) is 42.5 Å². The van der Waals surface area contributed by atoms with Gasteiger partial charge in [0.25, 0.3) is 0 Å². The molecule has 0 aliphatic heterocycles. The Morgan fingerprint density at radius 1 is 1.26 bits per heavy atom. The lowest BCUT2D eigenvalue weighted by molar-refractivity contribution is -0.122. The molecule has 0 heterocycles. The number of carbonyl (C=O) groups excluding carboxylic acids is 1. The normalized spacial score (nSPS) is 12.1. The van der Waals surface area contributed by atoms with Gasteiger partial charge >= 0.3 is 0 Å². The Morgan fingerprint density at radius 2 is 2.00 bits per heavy atom. The van der Waals surface area contributed by atoms with Gasteiger partial charge in [0.1, 0.15) is 12.4 Å². The number of benzene rings is 2. The van der Waals surface area contributed by atoms with E-state index in [0.717, 1.165) is 16.5 Å². The third kappa shape index (κ3) is 3.45. The average molecular weight is 258 g/mol. The smallest absolute Gasteiger partial charge is 0.236 e. The number of rotatable bonds is 5. The lowest BCUT2D eigenvalue weighted by Crippen LogP contribution is -2.40. The summed E-state index contributed by atoms with van der Waals surface area (Å²) in [5.74, 6) is 0.662. The molecule has 2 rings (SSSR count). The maximum atomic E-state index is 11.3. The maximum Gasteiger partial charge on any atom is 0.236 e. The predicted molar refractivity (Wildman–Crippen MR) is 76.1 cm³/mol. The van der Waals surface area contributed by atoms with E-state index >= 15 is 0 Å². The van der Waals surface area contributed by atoms with Crippen molar-refractivity contribution in [2.75, 3.05) is 13.2 Å². The van der Waals surface area contributed by atoms with E-state index in [2.05, 4.69) is 5.32 Å². The van der Waals surface area contributed by atoms with Crippen LogP contribution in [0.4, 0.5) is 0 Å². The van der Waals surface area contributed by atoms with Gasteiger partial charge in [-0.1, -0.05) is 36.4 Å². The first-order valence-corrected chi connectivity index (χ1v) is 6.32. The lowest BCUT2D eigenvalue weighted by atomic mass is 10.1. The first-order chi connectivity index (χ1) is 9.18. The Balaban J connectivity index is 1.93. The van der Waals surface area contributed by atoms with E-state index in [9.17, 15) is 4.79 Å². The second-order valence-electron chi connectivity index (χ2n) is 4.41. The molecule has 2 aromatic rings. The van der Waals surface area contributed by atoms with Gasteiger partial charge in [0, 0.05) is 5.39 Å². The van der Waals surface area contributed by atoms with Crippen molar-refractivity contribution in [3.8, 4) is 5.75 Å². The molecule has 0 aliphatic rings. The molecule has 0 spiro atoms. The monoisotopic (exact) mass is 258 g/mol. The van der Waals surface area contributed by atoms with Crippen molar-refractivity contribution >= 4 is 16.7 Å². The number of hydrogen-bond donors (Lipinski definition) is 2. The van der Waals surface area contributed by atoms with Crippen LogP contribution in [0, 0.1) is 0 Å². The number of nitrogens with one attached hydrogen (secondary N) is 1. The van der Waals surface area contributed by atoms with Gasteiger partial charge in [-0.15, -0.1) is 0 Å².